The van der Waals surface area contributed by atoms with E-state index in [0.717, 1.165) is 28.6 Å². The van der Waals surface area contributed by atoms with E-state index in [0.29, 0.717) is 0 Å². The number of hydrogen-bond donors (Lipinski definition) is 0. The van der Waals surface area contributed by atoms with Gasteiger partial charge in [0.05, 0.1) is 11.6 Å². The summed E-state index contributed by atoms with van der Waals surface area (Å²) in [5, 5.41) is 10.8. The zero-order chi connectivity index (χ0) is 17.2. The van der Waals surface area contributed by atoms with Crippen LogP contribution >= 0.6 is 0 Å². The molecule has 2 aromatic carbocycles. The third-order valence-electron chi connectivity index (χ3n) is 3.97. The summed E-state index contributed by atoms with van der Waals surface area (Å²) in [6.45, 7) is 7.16. The molecule has 0 saturated heterocycles. The molecule has 0 atom stereocenters. The van der Waals surface area contributed by atoms with Crippen LogP contribution in [0.15, 0.2) is 66.9 Å². The third kappa shape index (κ3) is 3.41. The van der Waals surface area contributed by atoms with Crippen LogP contribution in [0.3, 0.4) is 0 Å². The number of hydrogen-bond acceptors (Lipinski definition) is 1. The van der Waals surface area contributed by atoms with Crippen molar-refractivity contribution >= 4 is 16.5 Å². The van der Waals surface area contributed by atoms with Crippen LogP contribution in [0.25, 0.3) is 16.5 Å². The van der Waals surface area contributed by atoms with Crippen molar-refractivity contribution < 1.29 is 0 Å². The first-order chi connectivity index (χ1) is 11.5. The normalized spacial score (nSPS) is 12.3. The molecule has 0 spiro atoms. The summed E-state index contributed by atoms with van der Waals surface area (Å²) in [6, 6.07) is 21.1. The Bertz CT molecular complexity index is 916. The van der Waals surface area contributed by atoms with Gasteiger partial charge < -0.3 is 4.57 Å². The van der Waals surface area contributed by atoms with E-state index in [4.69, 9.17) is 0 Å². The van der Waals surface area contributed by atoms with E-state index in [1.807, 2.05) is 18.2 Å². The van der Waals surface area contributed by atoms with Crippen molar-refractivity contribution in [2.45, 2.75) is 27.3 Å². The van der Waals surface area contributed by atoms with Crippen LogP contribution in [-0.4, -0.2) is 4.57 Å². The number of nitriles is 1. The number of fused-ring (bicyclic) bond motifs is 1. The highest BCUT2D eigenvalue weighted by Gasteiger charge is 2.15. The van der Waals surface area contributed by atoms with Crippen molar-refractivity contribution in [1.82, 2.24) is 4.57 Å². The lowest BCUT2D eigenvalue weighted by Crippen LogP contribution is -2.00. The largest absolute Gasteiger partial charge is 0.342 e. The molecule has 0 amide bonds. The van der Waals surface area contributed by atoms with Gasteiger partial charge in [-0.15, -0.1) is 0 Å². The van der Waals surface area contributed by atoms with E-state index in [1.54, 1.807) is 0 Å². The number of aromatic nitrogens is 1. The standard InChI is InChI=1S/C22H22N2/c1-22(2,3)13-18(14-23)20-16-24(15-17-9-5-4-6-10-17)21-12-8-7-11-19(20)21/h4-13,16H,15H2,1-3H3/b18-13+. The molecule has 24 heavy (non-hydrogen) atoms. The monoisotopic (exact) mass is 314 g/mol. The first kappa shape index (κ1) is 16.1. The molecule has 0 radical (unpaired) electrons. The van der Waals surface area contributed by atoms with Crippen molar-refractivity contribution in [2.75, 3.05) is 0 Å². The summed E-state index contributed by atoms with van der Waals surface area (Å²) < 4.78 is 2.23. The molecule has 0 aliphatic heterocycles. The highest BCUT2D eigenvalue weighted by molar-refractivity contribution is 5.96. The number of nitrogens with zero attached hydrogens (tertiary/aromatic N) is 2. The predicted molar refractivity (Wildman–Crippen MR) is 101 cm³/mol. The first-order valence-electron chi connectivity index (χ1n) is 8.23. The highest BCUT2D eigenvalue weighted by Crippen LogP contribution is 2.30. The molecule has 0 bridgehead atoms. The van der Waals surface area contributed by atoms with Crippen LogP contribution in [-0.2, 0) is 6.54 Å². The molecule has 0 saturated carbocycles. The maximum atomic E-state index is 9.67. The zero-order valence-corrected chi connectivity index (χ0v) is 14.5. The molecular weight excluding hydrogens is 292 g/mol. The second-order valence-electron chi connectivity index (χ2n) is 7.21. The maximum absolute atomic E-state index is 9.67. The minimum absolute atomic E-state index is 0.0340. The predicted octanol–water partition coefficient (Wildman–Crippen LogP) is 5.64. The summed E-state index contributed by atoms with van der Waals surface area (Å²) in [5.74, 6) is 0. The third-order valence-corrected chi connectivity index (χ3v) is 3.97. The molecule has 3 aromatic rings. The van der Waals surface area contributed by atoms with E-state index in [9.17, 15) is 5.26 Å². The summed E-state index contributed by atoms with van der Waals surface area (Å²) in [6.07, 6.45) is 4.17. The fraction of sp³-hybridized carbons (Fsp3) is 0.227. The summed E-state index contributed by atoms with van der Waals surface area (Å²) in [4.78, 5) is 0. The Morgan fingerprint density at radius 2 is 1.71 bits per heavy atom. The molecule has 3 rings (SSSR count). The van der Waals surface area contributed by atoms with Gasteiger partial charge in [0.25, 0.3) is 0 Å². The van der Waals surface area contributed by atoms with Crippen LogP contribution in [0, 0.1) is 16.7 Å². The van der Waals surface area contributed by atoms with E-state index < -0.39 is 0 Å². The number of benzene rings is 2. The molecule has 2 heteroatoms. The fourth-order valence-corrected chi connectivity index (χ4v) is 2.98. The van der Waals surface area contributed by atoms with E-state index in [1.165, 1.54) is 5.56 Å². The lowest BCUT2D eigenvalue weighted by Gasteiger charge is -2.12. The van der Waals surface area contributed by atoms with Crippen LogP contribution < -0.4 is 0 Å². The van der Waals surface area contributed by atoms with Gasteiger partial charge in [0.1, 0.15) is 0 Å². The molecule has 0 N–H and O–H groups in total. The lowest BCUT2D eigenvalue weighted by molar-refractivity contribution is 0.546. The molecule has 0 aliphatic carbocycles. The topological polar surface area (TPSA) is 28.7 Å². The summed E-state index contributed by atoms with van der Waals surface area (Å²) in [7, 11) is 0. The first-order valence-corrected chi connectivity index (χ1v) is 8.23. The molecule has 1 heterocycles. The van der Waals surface area contributed by atoms with Gasteiger partial charge in [-0.3, -0.25) is 0 Å². The SMILES string of the molecule is CC(C)(C)/C=C(\C#N)c1cn(Cc2ccccc2)c2ccccc12. The molecular formula is C22H22N2. The Hall–Kier alpha value is -2.79. The Morgan fingerprint density at radius 3 is 2.38 bits per heavy atom. The molecule has 2 nitrogen and oxygen atoms in total. The summed E-state index contributed by atoms with van der Waals surface area (Å²) >= 11 is 0. The van der Waals surface area contributed by atoms with Gasteiger partial charge in [0, 0.05) is 29.2 Å². The van der Waals surface area contributed by atoms with Gasteiger partial charge in [-0.05, 0) is 17.0 Å². The van der Waals surface area contributed by atoms with Gasteiger partial charge in [0.2, 0.25) is 0 Å². The Balaban J connectivity index is 2.14. The van der Waals surface area contributed by atoms with Gasteiger partial charge in [-0.1, -0.05) is 75.4 Å². The average molecular weight is 314 g/mol. The second kappa shape index (κ2) is 6.37. The molecule has 120 valence electrons. The molecule has 1 aromatic heterocycles. The van der Waals surface area contributed by atoms with Crippen molar-refractivity contribution in [3.8, 4) is 6.07 Å². The van der Waals surface area contributed by atoms with Crippen LogP contribution in [0.2, 0.25) is 0 Å². The van der Waals surface area contributed by atoms with E-state index in [-0.39, 0.29) is 5.41 Å². The van der Waals surface area contributed by atoms with Gasteiger partial charge in [0.15, 0.2) is 0 Å². The van der Waals surface area contributed by atoms with Crippen molar-refractivity contribution in [1.29, 1.82) is 5.26 Å². The number of allylic oxidation sites excluding steroid dienone is 2. The maximum Gasteiger partial charge on any atom is 0.0995 e. The van der Waals surface area contributed by atoms with Crippen LogP contribution in [0.1, 0.15) is 31.9 Å². The fourth-order valence-electron chi connectivity index (χ4n) is 2.98. The van der Waals surface area contributed by atoms with Crippen molar-refractivity contribution in [2.24, 2.45) is 5.41 Å². The zero-order valence-electron chi connectivity index (χ0n) is 14.5. The Kier molecular flexibility index (Phi) is 4.27. The Morgan fingerprint density at radius 1 is 1.04 bits per heavy atom. The Labute approximate surface area is 143 Å². The van der Waals surface area contributed by atoms with Crippen molar-refractivity contribution in [3.63, 3.8) is 0 Å². The lowest BCUT2D eigenvalue weighted by atomic mass is 9.91. The van der Waals surface area contributed by atoms with E-state index in [2.05, 4.69) is 80.1 Å². The highest BCUT2D eigenvalue weighted by atomic mass is 15.0. The number of para-hydroxylation sites is 1. The molecule has 0 unspecified atom stereocenters. The van der Waals surface area contributed by atoms with Crippen molar-refractivity contribution in [3.05, 3.63) is 78.0 Å². The van der Waals surface area contributed by atoms with Crippen LogP contribution in [0.4, 0.5) is 0 Å². The minimum Gasteiger partial charge on any atom is -0.342 e. The smallest absolute Gasteiger partial charge is 0.0995 e. The average Bonchev–Trinajstić information content (AvgIpc) is 2.92. The van der Waals surface area contributed by atoms with Gasteiger partial charge in [-0.25, -0.2) is 0 Å². The quantitative estimate of drug-likeness (QED) is 0.575. The minimum atomic E-state index is -0.0340. The number of rotatable bonds is 3. The second-order valence-corrected chi connectivity index (χ2v) is 7.21. The molecule has 0 fully saturated rings. The van der Waals surface area contributed by atoms with Crippen LogP contribution in [0.5, 0.6) is 0 Å². The van der Waals surface area contributed by atoms with Gasteiger partial charge in [-0.2, -0.15) is 5.26 Å². The van der Waals surface area contributed by atoms with E-state index >= 15 is 0 Å². The molecule has 0 aliphatic rings. The summed E-state index contributed by atoms with van der Waals surface area (Å²) in [5.41, 5.74) is 4.13. The van der Waals surface area contributed by atoms with Gasteiger partial charge >= 0.3 is 0 Å².